The van der Waals surface area contributed by atoms with Crippen LogP contribution in [0.15, 0.2) is 48.5 Å². The molecule has 0 atom stereocenters. The van der Waals surface area contributed by atoms with Gasteiger partial charge in [0.15, 0.2) is 11.4 Å². The number of hydrogen-bond donors (Lipinski definition) is 0. The van der Waals surface area contributed by atoms with Crippen molar-refractivity contribution in [3.05, 3.63) is 74.6 Å². The zero-order valence-corrected chi connectivity index (χ0v) is 23.8. The highest BCUT2D eigenvalue weighted by molar-refractivity contribution is 7.17. The first-order valence-corrected chi connectivity index (χ1v) is 13.3. The van der Waals surface area contributed by atoms with Crippen LogP contribution in [0.25, 0.3) is 10.4 Å². The quantitative estimate of drug-likeness (QED) is 0.195. The Morgan fingerprint density at radius 3 is 2.08 bits per heavy atom. The molecule has 38 heavy (non-hydrogen) atoms. The summed E-state index contributed by atoms with van der Waals surface area (Å²) >= 11 is 14.1. The molecule has 0 N–H and O–H groups in total. The minimum atomic E-state index is -4.40. The van der Waals surface area contributed by atoms with E-state index in [0.29, 0.717) is 27.3 Å². The van der Waals surface area contributed by atoms with Gasteiger partial charge in [-0.15, -0.1) is 11.3 Å². The molecule has 0 aliphatic rings. The molecule has 0 spiro atoms. The smallest absolute Gasteiger partial charge is 0.416 e. The molecule has 0 aliphatic heterocycles. The number of rotatable bonds is 8. The van der Waals surface area contributed by atoms with Crippen molar-refractivity contribution in [1.29, 1.82) is 0 Å². The third-order valence-corrected chi connectivity index (χ3v) is 7.46. The number of ketones is 1. The lowest BCUT2D eigenvalue weighted by atomic mass is 10.1. The predicted octanol–water partition coefficient (Wildman–Crippen LogP) is 9.06. The van der Waals surface area contributed by atoms with Crippen LogP contribution >= 0.6 is 34.5 Å². The summed E-state index contributed by atoms with van der Waals surface area (Å²) in [6.07, 6.45) is -3.95. The van der Waals surface area contributed by atoms with Crippen LogP contribution in [0.2, 0.25) is 10.0 Å². The molecule has 4 nitrogen and oxygen atoms in total. The molecule has 0 bridgehead atoms. The highest BCUT2D eigenvalue weighted by Gasteiger charge is 2.35. The van der Waals surface area contributed by atoms with Gasteiger partial charge in [0.05, 0.1) is 15.5 Å². The number of aryl methyl sites for hydroxylation is 1. The number of alkyl halides is 3. The molecule has 3 aromatic rings. The number of carbonyl (C=O) groups excluding carboxylic acids is 2. The molecule has 0 unspecified atom stereocenters. The standard InChI is InChI=1S/C28H27Cl2F3O4S/c1-26(2,3)37-25(35)27(4,5)36-20-13-9-17(23(29)24(20)30)8-12-19(34)22-15-14-21(38-22)16-6-10-18(11-7-16)28(31,32)33/h6-7,9-11,13-15H,8,12H2,1-5H3. The maximum absolute atomic E-state index is 12.8. The molecule has 0 fully saturated rings. The molecule has 0 saturated heterocycles. The summed E-state index contributed by atoms with van der Waals surface area (Å²) in [5.74, 6) is -0.479. The zero-order chi connectivity index (χ0) is 28.5. The van der Waals surface area contributed by atoms with Crippen molar-refractivity contribution in [2.24, 2.45) is 0 Å². The third-order valence-electron chi connectivity index (χ3n) is 5.38. The summed E-state index contributed by atoms with van der Waals surface area (Å²) in [6.45, 7) is 8.40. The van der Waals surface area contributed by atoms with E-state index in [1.54, 1.807) is 58.9 Å². The highest BCUT2D eigenvalue weighted by atomic mass is 35.5. The van der Waals surface area contributed by atoms with E-state index in [0.717, 1.165) is 12.1 Å². The van der Waals surface area contributed by atoms with Crippen molar-refractivity contribution in [3.63, 3.8) is 0 Å². The van der Waals surface area contributed by atoms with Crippen LogP contribution in [0, 0.1) is 0 Å². The highest BCUT2D eigenvalue weighted by Crippen LogP contribution is 2.38. The maximum Gasteiger partial charge on any atom is 0.416 e. The lowest BCUT2D eigenvalue weighted by molar-refractivity contribution is -0.170. The lowest BCUT2D eigenvalue weighted by Gasteiger charge is -2.29. The Labute approximate surface area is 233 Å². The van der Waals surface area contributed by atoms with Crippen LogP contribution in [0.3, 0.4) is 0 Å². The number of Topliss-reactive ketones (excluding diaryl/α,β-unsaturated/α-hetero) is 1. The Bertz CT molecular complexity index is 1320. The van der Waals surface area contributed by atoms with Crippen molar-refractivity contribution >= 4 is 46.3 Å². The van der Waals surface area contributed by atoms with Gasteiger partial charge >= 0.3 is 12.1 Å². The Kier molecular flexibility index (Phi) is 8.91. The number of hydrogen-bond acceptors (Lipinski definition) is 5. The van der Waals surface area contributed by atoms with Crippen molar-refractivity contribution in [3.8, 4) is 16.2 Å². The Morgan fingerprint density at radius 1 is 0.868 bits per heavy atom. The van der Waals surface area contributed by atoms with Gasteiger partial charge in [0.2, 0.25) is 0 Å². The number of ether oxygens (including phenoxy) is 2. The summed E-state index contributed by atoms with van der Waals surface area (Å²) in [6, 6.07) is 11.5. The number of carbonyl (C=O) groups is 2. The third kappa shape index (κ3) is 7.52. The van der Waals surface area contributed by atoms with Gasteiger partial charge in [-0.1, -0.05) is 41.4 Å². The van der Waals surface area contributed by atoms with E-state index in [2.05, 4.69) is 0 Å². The first-order chi connectivity index (χ1) is 17.5. The van der Waals surface area contributed by atoms with Crippen LogP contribution < -0.4 is 4.74 Å². The fourth-order valence-electron chi connectivity index (χ4n) is 3.40. The van der Waals surface area contributed by atoms with Gasteiger partial charge in [0.1, 0.15) is 16.4 Å². The second-order valence-electron chi connectivity index (χ2n) is 10.1. The second-order valence-corrected chi connectivity index (χ2v) is 12.0. The van der Waals surface area contributed by atoms with Crippen LogP contribution in [0.4, 0.5) is 13.2 Å². The number of esters is 1. The van der Waals surface area contributed by atoms with Gasteiger partial charge in [0.25, 0.3) is 0 Å². The fraction of sp³-hybridized carbons (Fsp3) is 0.357. The summed E-state index contributed by atoms with van der Waals surface area (Å²) in [4.78, 5) is 26.5. The van der Waals surface area contributed by atoms with Crippen molar-refractivity contribution in [2.45, 2.75) is 64.8 Å². The molecule has 204 valence electrons. The molecule has 10 heteroatoms. The van der Waals surface area contributed by atoms with Gasteiger partial charge in [-0.25, -0.2) is 4.79 Å². The average Bonchev–Trinajstić information content (AvgIpc) is 3.30. The molecule has 0 radical (unpaired) electrons. The van der Waals surface area contributed by atoms with E-state index >= 15 is 0 Å². The topological polar surface area (TPSA) is 52.6 Å². The Hall–Kier alpha value is -2.55. The largest absolute Gasteiger partial charge is 0.475 e. The van der Waals surface area contributed by atoms with Crippen molar-refractivity contribution in [1.82, 2.24) is 0 Å². The van der Waals surface area contributed by atoms with Gasteiger partial charge < -0.3 is 9.47 Å². The van der Waals surface area contributed by atoms with E-state index in [4.69, 9.17) is 32.7 Å². The van der Waals surface area contributed by atoms with Gasteiger partial charge in [-0.05, 0) is 82.5 Å². The normalized spacial score (nSPS) is 12.4. The van der Waals surface area contributed by atoms with E-state index in [9.17, 15) is 22.8 Å². The minimum Gasteiger partial charge on any atom is -0.475 e. The Balaban J connectivity index is 1.66. The summed E-state index contributed by atoms with van der Waals surface area (Å²) < 4.78 is 49.6. The molecule has 3 rings (SSSR count). The molecule has 0 saturated carbocycles. The fourth-order valence-corrected chi connectivity index (χ4v) is 4.85. The SMILES string of the molecule is CC(C)(C)OC(=O)C(C)(C)Oc1ccc(CCC(=O)c2ccc(-c3ccc(C(F)(F)F)cc3)s2)c(Cl)c1Cl. The molecule has 2 aromatic carbocycles. The van der Waals surface area contributed by atoms with E-state index in [1.807, 2.05) is 0 Å². The van der Waals surface area contributed by atoms with E-state index < -0.39 is 28.9 Å². The number of benzene rings is 2. The van der Waals surface area contributed by atoms with E-state index in [-0.39, 0.29) is 28.0 Å². The molecule has 0 aliphatic carbocycles. The Morgan fingerprint density at radius 2 is 1.50 bits per heavy atom. The lowest BCUT2D eigenvalue weighted by Crippen LogP contribution is -2.43. The first kappa shape index (κ1) is 30.0. The molecular weight excluding hydrogens is 560 g/mol. The van der Waals surface area contributed by atoms with E-state index in [1.165, 1.54) is 23.5 Å². The second kappa shape index (κ2) is 11.3. The van der Waals surface area contributed by atoms with Crippen molar-refractivity contribution < 1.29 is 32.2 Å². The molecular formula is C28H27Cl2F3O4S. The first-order valence-electron chi connectivity index (χ1n) is 11.7. The molecule has 0 amide bonds. The monoisotopic (exact) mass is 586 g/mol. The van der Waals surface area contributed by atoms with Gasteiger partial charge in [0, 0.05) is 11.3 Å². The minimum absolute atomic E-state index is 0.119. The predicted molar refractivity (Wildman–Crippen MR) is 144 cm³/mol. The summed E-state index contributed by atoms with van der Waals surface area (Å²) in [7, 11) is 0. The van der Waals surface area contributed by atoms with Gasteiger partial charge in [-0.3, -0.25) is 4.79 Å². The molecule has 1 aromatic heterocycles. The number of halogens is 5. The summed E-state index contributed by atoms with van der Waals surface area (Å²) in [5, 5.41) is 0.336. The average molecular weight is 587 g/mol. The van der Waals surface area contributed by atoms with Crippen LogP contribution in [0.1, 0.15) is 61.8 Å². The van der Waals surface area contributed by atoms with Crippen LogP contribution in [0.5, 0.6) is 5.75 Å². The van der Waals surface area contributed by atoms with Gasteiger partial charge in [-0.2, -0.15) is 13.2 Å². The van der Waals surface area contributed by atoms with Crippen LogP contribution in [-0.4, -0.2) is 23.0 Å². The summed E-state index contributed by atoms with van der Waals surface area (Å²) in [5.41, 5.74) is -1.50. The zero-order valence-electron chi connectivity index (χ0n) is 21.5. The van der Waals surface area contributed by atoms with Crippen molar-refractivity contribution in [2.75, 3.05) is 0 Å². The maximum atomic E-state index is 12.8. The van der Waals surface area contributed by atoms with Crippen LogP contribution in [-0.2, 0) is 22.1 Å². The molecule has 1 heterocycles. The number of thiophene rings is 1.